The van der Waals surface area contributed by atoms with Crippen LogP contribution in [-0.2, 0) is 4.79 Å². The Hall–Kier alpha value is -0.630. The fourth-order valence-electron chi connectivity index (χ4n) is 0.706. The molecule has 2 heteroatoms. The molecule has 72 valence electrons. The Balaban J connectivity index is 3.74. The summed E-state index contributed by atoms with van der Waals surface area (Å²) in [5, 5.41) is 0. The third-order valence-corrected chi connectivity index (χ3v) is 1.88. The van der Waals surface area contributed by atoms with Gasteiger partial charge in [0.05, 0.1) is 0 Å². The third kappa shape index (κ3) is 9.28. The summed E-state index contributed by atoms with van der Waals surface area (Å²) in [7, 11) is 0. The number of unbranched alkanes of at least 4 members (excludes halogenated alkanes) is 1. The molecule has 0 rings (SSSR count). The van der Waals surface area contributed by atoms with Crippen molar-refractivity contribution in [2.75, 3.05) is 0 Å². The summed E-state index contributed by atoms with van der Waals surface area (Å²) < 4.78 is 1.05. The lowest BCUT2D eigenvalue weighted by Gasteiger charge is -1.85. The first-order valence-electron chi connectivity index (χ1n) is 4.43. The van der Waals surface area contributed by atoms with Crippen molar-refractivity contribution in [1.82, 2.24) is 0 Å². The topological polar surface area (TPSA) is 17.1 Å². The maximum atomic E-state index is 9.97. The molecule has 0 aliphatic rings. The minimum absolute atomic E-state index is 0.604. The van der Waals surface area contributed by atoms with Crippen LogP contribution in [0.5, 0.6) is 0 Å². The average molecular weight is 243 g/mol. The first kappa shape index (κ1) is 12.4. The highest BCUT2D eigenvalue weighted by Gasteiger charge is 1.80. The number of rotatable bonds is 6. The van der Waals surface area contributed by atoms with Crippen LogP contribution in [-0.4, -0.2) is 6.29 Å². The van der Waals surface area contributed by atoms with Crippen molar-refractivity contribution < 1.29 is 4.79 Å². The van der Waals surface area contributed by atoms with E-state index in [1.54, 1.807) is 0 Å². The van der Waals surface area contributed by atoms with E-state index in [2.05, 4.69) is 28.9 Å². The van der Waals surface area contributed by atoms with Gasteiger partial charge in [0.2, 0.25) is 0 Å². The van der Waals surface area contributed by atoms with Crippen LogP contribution in [0.4, 0.5) is 0 Å². The molecular weight excluding hydrogens is 228 g/mol. The molecule has 0 saturated carbocycles. The molecule has 0 N–H and O–H groups in total. The van der Waals surface area contributed by atoms with Gasteiger partial charge in [-0.2, -0.15) is 0 Å². The minimum atomic E-state index is 0.604. The van der Waals surface area contributed by atoms with Crippen molar-refractivity contribution in [2.45, 2.75) is 26.2 Å². The zero-order valence-corrected chi connectivity index (χ0v) is 9.46. The molecule has 13 heavy (non-hydrogen) atoms. The second kappa shape index (κ2) is 9.46. The van der Waals surface area contributed by atoms with E-state index in [9.17, 15) is 4.79 Å². The van der Waals surface area contributed by atoms with E-state index in [1.165, 1.54) is 0 Å². The summed E-state index contributed by atoms with van der Waals surface area (Å²) in [6.07, 6.45) is 13.4. The summed E-state index contributed by atoms with van der Waals surface area (Å²) in [5.74, 6) is 0. The van der Waals surface area contributed by atoms with Crippen molar-refractivity contribution in [3.05, 3.63) is 34.9 Å². The van der Waals surface area contributed by atoms with Gasteiger partial charge >= 0.3 is 0 Å². The van der Waals surface area contributed by atoms with E-state index in [0.717, 1.165) is 23.6 Å². The van der Waals surface area contributed by atoms with Crippen LogP contribution in [0.1, 0.15) is 26.2 Å². The molecule has 0 spiro atoms. The minimum Gasteiger partial charge on any atom is -0.303 e. The first-order chi connectivity index (χ1) is 6.31. The Kier molecular flexibility index (Phi) is 9.00. The van der Waals surface area contributed by atoms with Crippen LogP contribution in [0.3, 0.4) is 0 Å². The molecule has 0 bridgehead atoms. The molecule has 0 aromatic carbocycles. The van der Waals surface area contributed by atoms with Crippen molar-refractivity contribution in [1.29, 1.82) is 0 Å². The van der Waals surface area contributed by atoms with Gasteiger partial charge in [-0.05, 0) is 18.9 Å². The third-order valence-electron chi connectivity index (χ3n) is 1.36. The van der Waals surface area contributed by atoms with Gasteiger partial charge in [0, 0.05) is 10.9 Å². The lowest BCUT2D eigenvalue weighted by atomic mass is 10.3. The molecule has 0 aliphatic carbocycles. The summed E-state index contributed by atoms with van der Waals surface area (Å²) in [5.41, 5.74) is 0. The fourth-order valence-corrected chi connectivity index (χ4v) is 1.05. The molecular formula is C11H15BrO. The van der Waals surface area contributed by atoms with E-state index in [4.69, 9.17) is 0 Å². The summed E-state index contributed by atoms with van der Waals surface area (Å²) in [6.45, 7) is 2.09. The second-order valence-electron chi connectivity index (χ2n) is 2.53. The summed E-state index contributed by atoms with van der Waals surface area (Å²) in [6, 6.07) is 0. The molecule has 0 unspecified atom stereocenters. The summed E-state index contributed by atoms with van der Waals surface area (Å²) >= 11 is 3.40. The van der Waals surface area contributed by atoms with Gasteiger partial charge in [-0.1, -0.05) is 47.2 Å². The van der Waals surface area contributed by atoms with E-state index in [-0.39, 0.29) is 0 Å². The zero-order valence-electron chi connectivity index (χ0n) is 7.87. The van der Waals surface area contributed by atoms with E-state index >= 15 is 0 Å². The van der Waals surface area contributed by atoms with E-state index in [1.807, 2.05) is 24.3 Å². The van der Waals surface area contributed by atoms with Gasteiger partial charge < -0.3 is 4.79 Å². The first-order valence-corrected chi connectivity index (χ1v) is 5.23. The largest absolute Gasteiger partial charge is 0.303 e. The van der Waals surface area contributed by atoms with Gasteiger partial charge in [-0.3, -0.25) is 0 Å². The maximum Gasteiger partial charge on any atom is 0.120 e. The molecule has 0 amide bonds. The van der Waals surface area contributed by atoms with Crippen LogP contribution in [0.25, 0.3) is 0 Å². The van der Waals surface area contributed by atoms with Gasteiger partial charge in [0.1, 0.15) is 6.29 Å². The molecule has 1 nitrogen and oxygen atoms in total. The van der Waals surface area contributed by atoms with Crippen LogP contribution in [0, 0.1) is 0 Å². The quantitative estimate of drug-likeness (QED) is 0.394. The molecule has 0 radical (unpaired) electrons. The zero-order chi connectivity index (χ0) is 9.94. The molecule has 0 aromatic heterocycles. The van der Waals surface area contributed by atoms with Crippen molar-refractivity contribution in [2.24, 2.45) is 0 Å². The van der Waals surface area contributed by atoms with E-state index in [0.29, 0.717) is 6.42 Å². The van der Waals surface area contributed by atoms with Gasteiger partial charge in [-0.25, -0.2) is 0 Å². The van der Waals surface area contributed by atoms with Gasteiger partial charge in [0.25, 0.3) is 0 Å². The molecule has 0 aliphatic heterocycles. The standard InChI is InChI=1S/C11H15BrO/c1-2-3-8-11(12)9-6-4-5-7-10-13/h3-4,6,8-10H,2,5,7H2,1H3/b6-4-,8-3+,11-9+. The fraction of sp³-hybridized carbons (Fsp3) is 0.364. The maximum absolute atomic E-state index is 9.97. The Labute approximate surface area is 88.3 Å². The number of aldehydes is 1. The predicted octanol–water partition coefficient (Wildman–Crippen LogP) is 3.77. The number of carbonyl (C=O) groups is 1. The number of hydrogen-bond donors (Lipinski definition) is 0. The van der Waals surface area contributed by atoms with Crippen LogP contribution < -0.4 is 0 Å². The monoisotopic (exact) mass is 242 g/mol. The van der Waals surface area contributed by atoms with Gasteiger partial charge in [0.15, 0.2) is 0 Å². The Bertz CT molecular complexity index is 214. The molecule has 0 atom stereocenters. The normalized spacial score (nSPS) is 12.9. The predicted molar refractivity (Wildman–Crippen MR) is 60.9 cm³/mol. The molecule has 0 fully saturated rings. The molecule has 0 aromatic rings. The Morgan fingerprint density at radius 1 is 1.31 bits per heavy atom. The highest BCUT2D eigenvalue weighted by atomic mass is 79.9. The lowest BCUT2D eigenvalue weighted by Crippen LogP contribution is -1.69. The number of hydrogen-bond acceptors (Lipinski definition) is 1. The molecule has 0 saturated heterocycles. The van der Waals surface area contributed by atoms with Crippen LogP contribution >= 0.6 is 15.9 Å². The second-order valence-corrected chi connectivity index (χ2v) is 3.45. The van der Waals surface area contributed by atoms with Crippen molar-refractivity contribution >= 4 is 22.2 Å². The Morgan fingerprint density at radius 2 is 2.08 bits per heavy atom. The number of halogens is 1. The van der Waals surface area contributed by atoms with Crippen molar-refractivity contribution in [3.63, 3.8) is 0 Å². The SMILES string of the molecule is CC/C=C/C(Br)=C\C=C/CCC=O. The van der Waals surface area contributed by atoms with Crippen molar-refractivity contribution in [3.8, 4) is 0 Å². The lowest BCUT2D eigenvalue weighted by molar-refractivity contribution is -0.107. The smallest absolute Gasteiger partial charge is 0.120 e. The van der Waals surface area contributed by atoms with Gasteiger partial charge in [-0.15, -0.1) is 0 Å². The highest BCUT2D eigenvalue weighted by molar-refractivity contribution is 9.11. The highest BCUT2D eigenvalue weighted by Crippen LogP contribution is 2.07. The molecule has 0 heterocycles. The van der Waals surface area contributed by atoms with Crippen LogP contribution in [0.15, 0.2) is 34.9 Å². The van der Waals surface area contributed by atoms with Crippen LogP contribution in [0.2, 0.25) is 0 Å². The number of allylic oxidation sites excluding steroid dienone is 6. The average Bonchev–Trinajstić information content (AvgIpc) is 2.14. The summed E-state index contributed by atoms with van der Waals surface area (Å²) in [4.78, 5) is 9.97. The number of carbonyl (C=O) groups excluding carboxylic acids is 1. The van der Waals surface area contributed by atoms with E-state index < -0.39 is 0 Å². The Morgan fingerprint density at radius 3 is 2.69 bits per heavy atom.